The van der Waals surface area contributed by atoms with Crippen molar-refractivity contribution < 1.29 is 4.39 Å². The Hall–Kier alpha value is -1.64. The predicted octanol–water partition coefficient (Wildman–Crippen LogP) is 3.27. The summed E-state index contributed by atoms with van der Waals surface area (Å²) in [6.45, 7) is 4.15. The normalized spacial score (nSPS) is 10.9. The van der Waals surface area contributed by atoms with E-state index in [0.29, 0.717) is 6.04 Å². The van der Waals surface area contributed by atoms with E-state index in [0.717, 1.165) is 11.3 Å². The van der Waals surface area contributed by atoms with Crippen LogP contribution in [0.3, 0.4) is 0 Å². The van der Waals surface area contributed by atoms with E-state index >= 15 is 0 Å². The van der Waals surface area contributed by atoms with Gasteiger partial charge in [-0.05, 0) is 26.0 Å². The second kappa shape index (κ2) is 3.85. The standard InChI is InChI=1S/C12H13FN2/c1-9(2)15-8-14-7-12(15)10-4-3-5-11(13)6-10/h3-9H,1-2H3. The van der Waals surface area contributed by atoms with Crippen LogP contribution in [0.5, 0.6) is 0 Å². The molecule has 1 heterocycles. The highest BCUT2D eigenvalue weighted by molar-refractivity contribution is 5.58. The van der Waals surface area contributed by atoms with Gasteiger partial charge in [-0.1, -0.05) is 12.1 Å². The molecule has 0 N–H and O–H groups in total. The van der Waals surface area contributed by atoms with Crippen LogP contribution in [0, 0.1) is 5.82 Å². The molecule has 0 fully saturated rings. The van der Waals surface area contributed by atoms with Gasteiger partial charge >= 0.3 is 0 Å². The molecule has 3 heteroatoms. The number of benzene rings is 1. The minimum atomic E-state index is -0.219. The first-order valence-corrected chi connectivity index (χ1v) is 4.96. The average Bonchev–Trinajstić information content (AvgIpc) is 2.65. The van der Waals surface area contributed by atoms with Crippen molar-refractivity contribution in [2.75, 3.05) is 0 Å². The smallest absolute Gasteiger partial charge is 0.123 e. The molecular weight excluding hydrogens is 191 g/mol. The lowest BCUT2D eigenvalue weighted by atomic mass is 10.1. The maximum atomic E-state index is 13.1. The summed E-state index contributed by atoms with van der Waals surface area (Å²) < 4.78 is 15.1. The Balaban J connectivity index is 2.49. The third-order valence-electron chi connectivity index (χ3n) is 2.34. The van der Waals surface area contributed by atoms with Gasteiger partial charge in [0.05, 0.1) is 18.2 Å². The molecule has 2 aromatic rings. The van der Waals surface area contributed by atoms with E-state index in [1.54, 1.807) is 18.6 Å². The van der Waals surface area contributed by atoms with Crippen LogP contribution >= 0.6 is 0 Å². The average molecular weight is 204 g/mol. The minimum absolute atomic E-state index is 0.219. The number of rotatable bonds is 2. The van der Waals surface area contributed by atoms with Crippen molar-refractivity contribution in [2.24, 2.45) is 0 Å². The molecule has 0 amide bonds. The minimum Gasteiger partial charge on any atom is -0.328 e. The number of imidazole rings is 1. The molecule has 2 rings (SSSR count). The molecular formula is C12H13FN2. The Kier molecular flexibility index (Phi) is 2.54. The second-order valence-corrected chi connectivity index (χ2v) is 3.79. The van der Waals surface area contributed by atoms with Gasteiger partial charge in [-0.3, -0.25) is 0 Å². The Morgan fingerprint density at radius 1 is 1.33 bits per heavy atom. The summed E-state index contributed by atoms with van der Waals surface area (Å²) in [5, 5.41) is 0. The molecule has 0 saturated heterocycles. The van der Waals surface area contributed by atoms with Crippen molar-refractivity contribution in [3.63, 3.8) is 0 Å². The molecule has 0 aliphatic heterocycles. The van der Waals surface area contributed by atoms with Gasteiger partial charge in [0.2, 0.25) is 0 Å². The molecule has 2 nitrogen and oxygen atoms in total. The van der Waals surface area contributed by atoms with E-state index in [4.69, 9.17) is 0 Å². The first kappa shape index (κ1) is 9.90. The van der Waals surface area contributed by atoms with Crippen LogP contribution in [-0.2, 0) is 0 Å². The summed E-state index contributed by atoms with van der Waals surface area (Å²) in [7, 11) is 0. The lowest BCUT2D eigenvalue weighted by Crippen LogP contribution is -2.00. The van der Waals surface area contributed by atoms with Crippen molar-refractivity contribution >= 4 is 0 Å². The van der Waals surface area contributed by atoms with Crippen molar-refractivity contribution in [1.82, 2.24) is 9.55 Å². The van der Waals surface area contributed by atoms with Gasteiger partial charge in [0.15, 0.2) is 0 Å². The largest absolute Gasteiger partial charge is 0.328 e. The molecule has 1 aromatic heterocycles. The molecule has 0 aliphatic carbocycles. The highest BCUT2D eigenvalue weighted by Gasteiger charge is 2.07. The lowest BCUT2D eigenvalue weighted by Gasteiger charge is -2.11. The number of hydrogen-bond acceptors (Lipinski definition) is 1. The highest BCUT2D eigenvalue weighted by Crippen LogP contribution is 2.22. The number of nitrogens with zero attached hydrogens (tertiary/aromatic N) is 2. The summed E-state index contributed by atoms with van der Waals surface area (Å²) in [6.07, 6.45) is 3.53. The van der Waals surface area contributed by atoms with Gasteiger partial charge in [0.25, 0.3) is 0 Å². The van der Waals surface area contributed by atoms with E-state index in [1.807, 2.05) is 10.6 Å². The van der Waals surface area contributed by atoms with Crippen LogP contribution in [0.2, 0.25) is 0 Å². The van der Waals surface area contributed by atoms with E-state index in [1.165, 1.54) is 12.1 Å². The Morgan fingerprint density at radius 2 is 2.13 bits per heavy atom. The molecule has 0 spiro atoms. The zero-order valence-electron chi connectivity index (χ0n) is 8.81. The maximum Gasteiger partial charge on any atom is 0.123 e. The third kappa shape index (κ3) is 1.91. The molecule has 78 valence electrons. The number of aromatic nitrogens is 2. The van der Waals surface area contributed by atoms with Crippen LogP contribution < -0.4 is 0 Å². The van der Waals surface area contributed by atoms with Gasteiger partial charge in [-0.15, -0.1) is 0 Å². The van der Waals surface area contributed by atoms with Gasteiger partial charge in [-0.2, -0.15) is 0 Å². The van der Waals surface area contributed by atoms with Crippen LogP contribution in [-0.4, -0.2) is 9.55 Å². The van der Waals surface area contributed by atoms with Crippen molar-refractivity contribution in [3.05, 3.63) is 42.6 Å². The van der Waals surface area contributed by atoms with Crippen LogP contribution in [0.15, 0.2) is 36.8 Å². The summed E-state index contributed by atoms with van der Waals surface area (Å²) in [4.78, 5) is 4.09. The molecule has 0 radical (unpaired) electrons. The zero-order valence-corrected chi connectivity index (χ0v) is 8.81. The summed E-state index contributed by atoms with van der Waals surface area (Å²) >= 11 is 0. The van der Waals surface area contributed by atoms with Gasteiger partial charge < -0.3 is 4.57 Å². The summed E-state index contributed by atoms with van der Waals surface area (Å²) in [6, 6.07) is 6.89. The van der Waals surface area contributed by atoms with E-state index in [2.05, 4.69) is 18.8 Å². The topological polar surface area (TPSA) is 17.8 Å². The molecule has 0 aliphatic rings. The van der Waals surface area contributed by atoms with Crippen LogP contribution in [0.1, 0.15) is 19.9 Å². The SMILES string of the molecule is CC(C)n1cncc1-c1cccc(F)c1. The van der Waals surface area contributed by atoms with Gasteiger partial charge in [-0.25, -0.2) is 9.37 Å². The van der Waals surface area contributed by atoms with E-state index in [9.17, 15) is 4.39 Å². The Morgan fingerprint density at radius 3 is 2.80 bits per heavy atom. The maximum absolute atomic E-state index is 13.1. The molecule has 0 unspecified atom stereocenters. The van der Waals surface area contributed by atoms with E-state index in [-0.39, 0.29) is 5.82 Å². The Labute approximate surface area is 88.4 Å². The Bertz CT molecular complexity index is 460. The van der Waals surface area contributed by atoms with Crippen molar-refractivity contribution in [1.29, 1.82) is 0 Å². The summed E-state index contributed by atoms with van der Waals surface area (Å²) in [5.41, 5.74) is 1.81. The molecule has 1 aromatic carbocycles. The predicted molar refractivity (Wildman–Crippen MR) is 58.0 cm³/mol. The molecule has 0 atom stereocenters. The molecule has 0 saturated carbocycles. The monoisotopic (exact) mass is 204 g/mol. The first-order chi connectivity index (χ1) is 7.18. The van der Waals surface area contributed by atoms with E-state index < -0.39 is 0 Å². The fourth-order valence-electron chi connectivity index (χ4n) is 1.59. The second-order valence-electron chi connectivity index (χ2n) is 3.79. The summed E-state index contributed by atoms with van der Waals surface area (Å²) in [5.74, 6) is -0.219. The molecule has 0 bridgehead atoms. The molecule has 15 heavy (non-hydrogen) atoms. The highest BCUT2D eigenvalue weighted by atomic mass is 19.1. The first-order valence-electron chi connectivity index (χ1n) is 4.96. The number of halogens is 1. The number of hydrogen-bond donors (Lipinski definition) is 0. The van der Waals surface area contributed by atoms with Gasteiger partial charge in [0.1, 0.15) is 5.82 Å². The lowest BCUT2D eigenvalue weighted by molar-refractivity contribution is 0.603. The van der Waals surface area contributed by atoms with Crippen LogP contribution in [0.4, 0.5) is 4.39 Å². The van der Waals surface area contributed by atoms with Gasteiger partial charge in [0, 0.05) is 11.6 Å². The van der Waals surface area contributed by atoms with Crippen LogP contribution in [0.25, 0.3) is 11.3 Å². The van der Waals surface area contributed by atoms with Crippen molar-refractivity contribution in [3.8, 4) is 11.3 Å². The quantitative estimate of drug-likeness (QED) is 0.734. The van der Waals surface area contributed by atoms with Crippen molar-refractivity contribution in [2.45, 2.75) is 19.9 Å². The zero-order chi connectivity index (χ0) is 10.8. The fourth-order valence-corrected chi connectivity index (χ4v) is 1.59. The fraction of sp³-hybridized carbons (Fsp3) is 0.250. The third-order valence-corrected chi connectivity index (χ3v) is 2.34.